The molecule has 23 heavy (non-hydrogen) atoms. The van der Waals surface area contributed by atoms with E-state index >= 15 is 0 Å². The number of carbonyl (C=O) groups excluding carboxylic acids is 1. The van der Waals surface area contributed by atoms with E-state index in [1.54, 1.807) is 13.0 Å². The van der Waals surface area contributed by atoms with E-state index in [0.717, 1.165) is 18.9 Å². The third-order valence-corrected chi connectivity index (χ3v) is 3.54. The van der Waals surface area contributed by atoms with E-state index in [4.69, 9.17) is 4.52 Å². The number of hydrogen-bond acceptors (Lipinski definition) is 4. The van der Waals surface area contributed by atoms with Crippen LogP contribution in [0.3, 0.4) is 0 Å². The number of carbonyl (C=O) groups is 1. The van der Waals surface area contributed by atoms with Crippen LogP contribution in [0.4, 0.5) is 19.0 Å². The van der Waals surface area contributed by atoms with Crippen LogP contribution in [0, 0.1) is 6.92 Å². The first kappa shape index (κ1) is 15.6. The van der Waals surface area contributed by atoms with Gasteiger partial charge >= 0.3 is 6.18 Å². The molecule has 1 fully saturated rings. The van der Waals surface area contributed by atoms with Gasteiger partial charge in [0.1, 0.15) is 5.76 Å². The van der Waals surface area contributed by atoms with Crippen LogP contribution in [0.5, 0.6) is 0 Å². The Balaban J connectivity index is 1.65. The highest BCUT2D eigenvalue weighted by atomic mass is 19.4. The van der Waals surface area contributed by atoms with Gasteiger partial charge in [0.15, 0.2) is 11.5 Å². The lowest BCUT2D eigenvalue weighted by Gasteiger charge is -2.06. The van der Waals surface area contributed by atoms with Crippen molar-refractivity contribution in [2.24, 2.45) is 0 Å². The van der Waals surface area contributed by atoms with Crippen LogP contribution >= 0.6 is 0 Å². The maximum absolute atomic E-state index is 12.8. The minimum atomic E-state index is -4.48. The first-order valence-electron chi connectivity index (χ1n) is 7.21. The van der Waals surface area contributed by atoms with Gasteiger partial charge in [-0.05, 0) is 25.8 Å². The first-order chi connectivity index (χ1) is 10.8. The molecule has 2 aromatic rings. The van der Waals surface area contributed by atoms with Crippen LogP contribution < -0.4 is 5.32 Å². The van der Waals surface area contributed by atoms with Crippen LogP contribution in [0.2, 0.25) is 0 Å². The summed E-state index contributed by atoms with van der Waals surface area (Å²) < 4.78 is 44.4. The number of hydrogen-bond donors (Lipinski definition) is 1. The maximum atomic E-state index is 12.8. The smallest absolute Gasteiger partial charge is 0.360 e. The number of anilines is 1. The summed E-state index contributed by atoms with van der Waals surface area (Å²) >= 11 is 0. The zero-order valence-electron chi connectivity index (χ0n) is 12.4. The monoisotopic (exact) mass is 328 g/mol. The van der Waals surface area contributed by atoms with Crippen molar-refractivity contribution >= 4 is 11.7 Å². The zero-order chi connectivity index (χ0) is 16.6. The highest BCUT2D eigenvalue weighted by Gasteiger charge is 2.37. The molecular formula is C14H15F3N4O2. The molecule has 2 aromatic heterocycles. The molecule has 0 saturated heterocycles. The number of nitrogens with zero attached hydrogens (tertiary/aromatic N) is 3. The quantitative estimate of drug-likeness (QED) is 0.915. The van der Waals surface area contributed by atoms with E-state index in [0.29, 0.717) is 11.5 Å². The molecule has 6 nitrogen and oxygen atoms in total. The van der Waals surface area contributed by atoms with Gasteiger partial charge in [-0.1, -0.05) is 5.16 Å². The van der Waals surface area contributed by atoms with E-state index in [2.05, 4.69) is 15.6 Å². The fourth-order valence-corrected chi connectivity index (χ4v) is 2.29. The Morgan fingerprint density at radius 3 is 2.74 bits per heavy atom. The summed E-state index contributed by atoms with van der Waals surface area (Å²) in [6, 6.07) is 2.64. The van der Waals surface area contributed by atoms with Gasteiger partial charge in [0.05, 0.1) is 0 Å². The summed E-state index contributed by atoms with van der Waals surface area (Å²) in [5, 5.41) is 9.76. The lowest BCUT2D eigenvalue weighted by molar-refractivity contribution is -0.141. The van der Waals surface area contributed by atoms with Crippen LogP contribution in [0.15, 0.2) is 16.7 Å². The van der Waals surface area contributed by atoms with E-state index in [-0.39, 0.29) is 30.6 Å². The highest BCUT2D eigenvalue weighted by Crippen LogP contribution is 2.42. The largest absolute Gasteiger partial charge is 0.435 e. The highest BCUT2D eigenvalue weighted by molar-refractivity contribution is 5.89. The Bertz CT molecular complexity index is 716. The minimum absolute atomic E-state index is 0.00457. The topological polar surface area (TPSA) is 73.0 Å². The predicted octanol–water partition coefficient (Wildman–Crippen LogP) is 3.10. The second-order valence-corrected chi connectivity index (χ2v) is 5.57. The van der Waals surface area contributed by atoms with Gasteiger partial charge in [-0.15, -0.1) is 0 Å². The second-order valence-electron chi connectivity index (χ2n) is 5.57. The number of aromatic nitrogens is 3. The van der Waals surface area contributed by atoms with Gasteiger partial charge in [0, 0.05) is 30.6 Å². The van der Waals surface area contributed by atoms with Crippen molar-refractivity contribution in [1.82, 2.24) is 14.9 Å². The number of rotatable bonds is 5. The van der Waals surface area contributed by atoms with E-state index in [1.165, 1.54) is 4.68 Å². The lowest BCUT2D eigenvalue weighted by Crippen LogP contribution is -2.16. The molecule has 0 bridgehead atoms. The molecule has 1 aliphatic carbocycles. The van der Waals surface area contributed by atoms with Gasteiger partial charge in [0.25, 0.3) is 0 Å². The Morgan fingerprint density at radius 1 is 1.43 bits per heavy atom. The molecule has 0 aliphatic heterocycles. The molecule has 3 rings (SSSR count). The second kappa shape index (κ2) is 5.71. The molecule has 9 heteroatoms. The fraction of sp³-hybridized carbons (Fsp3) is 0.500. The van der Waals surface area contributed by atoms with Gasteiger partial charge in [-0.3, -0.25) is 9.48 Å². The first-order valence-corrected chi connectivity index (χ1v) is 7.21. The summed E-state index contributed by atoms with van der Waals surface area (Å²) in [7, 11) is 0. The predicted molar refractivity (Wildman–Crippen MR) is 73.7 cm³/mol. The minimum Gasteiger partial charge on any atom is -0.360 e. The number of amides is 1. The summed E-state index contributed by atoms with van der Waals surface area (Å²) in [5.74, 6) is 0.591. The molecule has 1 N–H and O–H groups in total. The average molecular weight is 328 g/mol. The zero-order valence-corrected chi connectivity index (χ0v) is 12.4. The van der Waals surface area contributed by atoms with Gasteiger partial charge in [-0.25, -0.2) is 0 Å². The van der Waals surface area contributed by atoms with Crippen molar-refractivity contribution < 1.29 is 22.5 Å². The molecule has 1 amide bonds. The molecule has 1 saturated carbocycles. The standard InChI is InChI=1S/C14H15F3N4O2/c1-8-6-12(20-23-8)18-13(22)4-5-21-10(9-2-3-9)7-11(19-21)14(15,16)17/h6-7,9H,2-5H2,1H3,(H,18,20,22). The Morgan fingerprint density at radius 2 is 2.17 bits per heavy atom. The molecule has 124 valence electrons. The molecule has 0 atom stereocenters. The van der Waals surface area contributed by atoms with Crippen LogP contribution in [-0.2, 0) is 17.5 Å². The molecule has 0 spiro atoms. The molecular weight excluding hydrogens is 313 g/mol. The van der Waals surface area contributed by atoms with Crippen molar-refractivity contribution in [3.05, 3.63) is 29.3 Å². The molecule has 2 heterocycles. The average Bonchev–Trinajstić information content (AvgIpc) is 3.07. The Kier molecular flexibility index (Phi) is 3.87. The van der Waals surface area contributed by atoms with Crippen molar-refractivity contribution in [2.45, 2.75) is 44.8 Å². The molecule has 0 unspecified atom stereocenters. The Hall–Kier alpha value is -2.32. The van der Waals surface area contributed by atoms with Gasteiger partial charge < -0.3 is 9.84 Å². The third-order valence-electron chi connectivity index (χ3n) is 3.54. The number of aryl methyl sites for hydroxylation is 2. The van der Waals surface area contributed by atoms with Crippen molar-refractivity contribution in [2.75, 3.05) is 5.32 Å². The summed E-state index contributed by atoms with van der Waals surface area (Å²) in [6.07, 6.45) is -2.76. The van der Waals surface area contributed by atoms with Crippen LogP contribution in [0.25, 0.3) is 0 Å². The number of nitrogens with one attached hydrogen (secondary N) is 1. The molecule has 0 aromatic carbocycles. The van der Waals surface area contributed by atoms with Crippen LogP contribution in [-0.4, -0.2) is 20.8 Å². The van der Waals surface area contributed by atoms with E-state index in [1.807, 2.05) is 0 Å². The summed E-state index contributed by atoms with van der Waals surface area (Å²) in [6.45, 7) is 1.78. The Labute approximate surface area is 129 Å². The van der Waals surface area contributed by atoms with Crippen LogP contribution in [0.1, 0.15) is 42.3 Å². The molecule has 0 radical (unpaired) electrons. The summed E-state index contributed by atoms with van der Waals surface area (Å²) in [4.78, 5) is 11.8. The van der Waals surface area contributed by atoms with Crippen molar-refractivity contribution in [3.63, 3.8) is 0 Å². The van der Waals surface area contributed by atoms with Crippen molar-refractivity contribution in [3.8, 4) is 0 Å². The normalized spacial score (nSPS) is 15.0. The van der Waals surface area contributed by atoms with Crippen molar-refractivity contribution in [1.29, 1.82) is 0 Å². The number of halogens is 3. The fourth-order valence-electron chi connectivity index (χ4n) is 2.29. The third kappa shape index (κ3) is 3.72. The maximum Gasteiger partial charge on any atom is 0.435 e. The lowest BCUT2D eigenvalue weighted by atomic mass is 10.2. The number of alkyl halides is 3. The SMILES string of the molecule is Cc1cc(NC(=O)CCn2nc(C(F)(F)F)cc2C2CC2)no1. The van der Waals surface area contributed by atoms with Gasteiger partial charge in [-0.2, -0.15) is 18.3 Å². The summed E-state index contributed by atoms with van der Waals surface area (Å²) in [5.41, 5.74) is -0.366. The van der Waals surface area contributed by atoms with Gasteiger partial charge in [0.2, 0.25) is 5.91 Å². The van der Waals surface area contributed by atoms with E-state index in [9.17, 15) is 18.0 Å². The van der Waals surface area contributed by atoms with E-state index < -0.39 is 11.9 Å². The molecule has 1 aliphatic rings.